The fourth-order valence-electron chi connectivity index (χ4n) is 3.98. The van der Waals surface area contributed by atoms with E-state index in [1.54, 1.807) is 6.20 Å². The molecule has 3 aromatic heterocycles. The molecule has 10 heteroatoms. The molecule has 0 atom stereocenters. The molecule has 1 aliphatic rings. The number of halogens is 1. The van der Waals surface area contributed by atoms with Gasteiger partial charge in [0.15, 0.2) is 23.1 Å². The number of nitrogens with zero attached hydrogens (tertiary/aromatic N) is 5. The van der Waals surface area contributed by atoms with Crippen LogP contribution in [0, 0.1) is 0 Å². The van der Waals surface area contributed by atoms with Crippen LogP contribution in [0.25, 0.3) is 33.8 Å². The Morgan fingerprint density at radius 2 is 2.10 bits per heavy atom. The molecule has 0 spiro atoms. The van der Waals surface area contributed by atoms with Crippen LogP contribution >= 0.6 is 11.6 Å². The highest BCUT2D eigenvalue weighted by atomic mass is 35.5. The van der Waals surface area contributed by atoms with Gasteiger partial charge >= 0.3 is 0 Å². The molecule has 4 aromatic rings. The summed E-state index contributed by atoms with van der Waals surface area (Å²) in [5.41, 5.74) is 9.47. The summed E-state index contributed by atoms with van der Waals surface area (Å²) in [5, 5.41) is 11.7. The minimum absolute atomic E-state index is 0.116. The smallest absolute Gasteiger partial charge is 0.199 e. The van der Waals surface area contributed by atoms with E-state index in [0.29, 0.717) is 40.0 Å². The van der Waals surface area contributed by atoms with Crippen LogP contribution in [0.5, 0.6) is 5.75 Å². The minimum Gasteiger partial charge on any atom is -0.486 e. The van der Waals surface area contributed by atoms with Gasteiger partial charge in [0.2, 0.25) is 0 Å². The second kappa shape index (κ2) is 8.16. The summed E-state index contributed by atoms with van der Waals surface area (Å²) in [4.78, 5) is 9.58. The van der Waals surface area contributed by atoms with Crippen LogP contribution in [0.2, 0.25) is 5.02 Å². The number of hydrogen-bond acceptors (Lipinski definition) is 8. The number of hydrogen-bond donors (Lipinski definition) is 2. The van der Waals surface area contributed by atoms with Crippen molar-refractivity contribution in [2.24, 2.45) is 0 Å². The lowest BCUT2D eigenvalue weighted by Crippen LogP contribution is -2.34. The highest BCUT2D eigenvalue weighted by Crippen LogP contribution is 2.37. The number of piperidine rings is 1. The molecular weight excluding hydrogens is 418 g/mol. The topological polar surface area (TPSA) is 117 Å². The maximum absolute atomic E-state index is 6.41. The van der Waals surface area contributed by atoms with E-state index in [1.807, 2.05) is 35.8 Å². The van der Waals surface area contributed by atoms with Gasteiger partial charge in [0, 0.05) is 17.1 Å². The van der Waals surface area contributed by atoms with Crippen LogP contribution in [0.4, 0.5) is 5.82 Å². The fraction of sp³-hybridized carbons (Fsp3) is 0.333. The second-order valence-corrected chi connectivity index (χ2v) is 7.86. The third kappa shape index (κ3) is 3.60. The van der Waals surface area contributed by atoms with Gasteiger partial charge in [0.25, 0.3) is 0 Å². The SMILES string of the molecule is CCn1c(-c2nonc2N)nc2c(-c3cccc(Cl)c3)ncc(OC3CCNCC3)c21. The van der Waals surface area contributed by atoms with E-state index < -0.39 is 0 Å². The number of fused-ring (bicyclic) bond motifs is 1. The Kier molecular flexibility index (Phi) is 5.21. The predicted molar refractivity (Wildman–Crippen MR) is 118 cm³/mol. The van der Waals surface area contributed by atoms with Gasteiger partial charge in [-0.3, -0.25) is 0 Å². The number of pyridine rings is 1. The molecule has 3 N–H and O–H groups in total. The molecule has 4 heterocycles. The summed E-state index contributed by atoms with van der Waals surface area (Å²) < 4.78 is 13.2. The van der Waals surface area contributed by atoms with Crippen molar-refractivity contribution in [3.63, 3.8) is 0 Å². The van der Waals surface area contributed by atoms with Gasteiger partial charge in [0.05, 0.1) is 11.9 Å². The standard InChI is InChI=1S/C21H22ClN7O2/c1-2-29-19-15(30-14-6-8-24-9-7-14)11-25-16(12-4-3-5-13(22)10-12)17(19)26-21(29)18-20(23)28-31-27-18/h3-5,10-11,14,24H,2,6-9H2,1H3,(H2,23,28). The first-order valence-corrected chi connectivity index (χ1v) is 10.6. The Bertz CT molecular complexity index is 1230. The van der Waals surface area contributed by atoms with Crippen molar-refractivity contribution in [1.82, 2.24) is 30.2 Å². The van der Waals surface area contributed by atoms with Crippen LogP contribution in [0.15, 0.2) is 35.1 Å². The number of aryl methyl sites for hydroxylation is 1. The number of nitrogens with one attached hydrogen (secondary N) is 1. The first-order valence-electron chi connectivity index (χ1n) is 10.3. The Balaban J connectivity index is 1.73. The molecule has 0 radical (unpaired) electrons. The third-order valence-electron chi connectivity index (χ3n) is 5.46. The van der Waals surface area contributed by atoms with Gasteiger partial charge in [-0.05, 0) is 55.3 Å². The zero-order chi connectivity index (χ0) is 21.4. The number of ether oxygens (including phenoxy) is 1. The van der Waals surface area contributed by atoms with Crippen molar-refractivity contribution in [3.05, 3.63) is 35.5 Å². The molecule has 1 fully saturated rings. The Morgan fingerprint density at radius 1 is 1.26 bits per heavy atom. The van der Waals surface area contributed by atoms with E-state index >= 15 is 0 Å². The van der Waals surface area contributed by atoms with Gasteiger partial charge in [-0.25, -0.2) is 14.6 Å². The van der Waals surface area contributed by atoms with E-state index in [1.165, 1.54) is 0 Å². The summed E-state index contributed by atoms with van der Waals surface area (Å²) >= 11 is 6.24. The largest absolute Gasteiger partial charge is 0.486 e. The average Bonchev–Trinajstić information content (AvgIpc) is 3.38. The molecule has 9 nitrogen and oxygen atoms in total. The normalized spacial score (nSPS) is 14.9. The molecule has 1 aromatic carbocycles. The van der Waals surface area contributed by atoms with Gasteiger partial charge in [-0.1, -0.05) is 23.7 Å². The molecule has 160 valence electrons. The zero-order valence-electron chi connectivity index (χ0n) is 17.0. The number of benzene rings is 1. The van der Waals surface area contributed by atoms with Crippen molar-refractivity contribution in [3.8, 4) is 28.5 Å². The fourth-order valence-corrected chi connectivity index (χ4v) is 4.17. The number of aromatic nitrogens is 5. The predicted octanol–water partition coefficient (Wildman–Crippen LogP) is 3.53. The lowest BCUT2D eigenvalue weighted by atomic mass is 10.1. The molecule has 0 amide bonds. The number of nitrogen functional groups attached to an aromatic ring is 1. The molecule has 1 saturated heterocycles. The van der Waals surface area contributed by atoms with Gasteiger partial charge in [0.1, 0.15) is 17.1 Å². The number of rotatable bonds is 5. The number of imidazole rings is 1. The van der Waals surface area contributed by atoms with Crippen LogP contribution in [-0.4, -0.2) is 44.0 Å². The quantitative estimate of drug-likeness (QED) is 0.485. The monoisotopic (exact) mass is 439 g/mol. The van der Waals surface area contributed by atoms with Crippen LogP contribution in [0.3, 0.4) is 0 Å². The van der Waals surface area contributed by atoms with E-state index in [2.05, 4.69) is 15.6 Å². The summed E-state index contributed by atoms with van der Waals surface area (Å²) in [6, 6.07) is 7.54. The summed E-state index contributed by atoms with van der Waals surface area (Å²) in [7, 11) is 0. The van der Waals surface area contributed by atoms with Crippen molar-refractivity contribution in [2.75, 3.05) is 18.8 Å². The zero-order valence-corrected chi connectivity index (χ0v) is 17.8. The lowest BCUT2D eigenvalue weighted by Gasteiger charge is -2.24. The Labute approximate surface area is 183 Å². The molecule has 5 rings (SSSR count). The molecule has 1 aliphatic heterocycles. The Morgan fingerprint density at radius 3 is 2.81 bits per heavy atom. The lowest BCUT2D eigenvalue weighted by molar-refractivity contribution is 0.163. The molecule has 0 unspecified atom stereocenters. The molecule has 0 bridgehead atoms. The van der Waals surface area contributed by atoms with Crippen LogP contribution in [0.1, 0.15) is 19.8 Å². The van der Waals surface area contributed by atoms with E-state index in [-0.39, 0.29) is 11.9 Å². The highest BCUT2D eigenvalue weighted by molar-refractivity contribution is 6.30. The first-order chi connectivity index (χ1) is 15.2. The Hall–Kier alpha value is -3.17. The van der Waals surface area contributed by atoms with Crippen molar-refractivity contribution >= 4 is 28.5 Å². The van der Waals surface area contributed by atoms with Gasteiger partial charge in [-0.2, -0.15) is 0 Å². The third-order valence-corrected chi connectivity index (χ3v) is 5.69. The number of anilines is 1. The van der Waals surface area contributed by atoms with Crippen molar-refractivity contribution in [2.45, 2.75) is 32.4 Å². The summed E-state index contributed by atoms with van der Waals surface area (Å²) in [5.74, 6) is 1.43. The maximum atomic E-state index is 6.41. The second-order valence-electron chi connectivity index (χ2n) is 7.42. The molecule has 0 saturated carbocycles. The van der Waals surface area contributed by atoms with Crippen molar-refractivity contribution in [1.29, 1.82) is 0 Å². The summed E-state index contributed by atoms with van der Waals surface area (Å²) in [6.07, 6.45) is 3.75. The van der Waals surface area contributed by atoms with E-state index in [0.717, 1.165) is 37.0 Å². The maximum Gasteiger partial charge on any atom is 0.199 e. The van der Waals surface area contributed by atoms with E-state index in [9.17, 15) is 0 Å². The average molecular weight is 440 g/mol. The van der Waals surface area contributed by atoms with Crippen LogP contribution < -0.4 is 15.8 Å². The number of nitrogens with two attached hydrogens (primary N) is 1. The first kappa shape index (κ1) is 19.8. The minimum atomic E-state index is 0.116. The van der Waals surface area contributed by atoms with E-state index in [4.69, 9.17) is 36.7 Å². The molecule has 0 aliphatic carbocycles. The van der Waals surface area contributed by atoms with Gasteiger partial charge < -0.3 is 20.4 Å². The molecular formula is C21H22ClN7O2. The van der Waals surface area contributed by atoms with Crippen molar-refractivity contribution < 1.29 is 9.37 Å². The highest BCUT2D eigenvalue weighted by Gasteiger charge is 2.25. The summed E-state index contributed by atoms with van der Waals surface area (Å²) in [6.45, 7) is 4.52. The van der Waals surface area contributed by atoms with Crippen LogP contribution in [-0.2, 0) is 6.54 Å². The molecule has 31 heavy (non-hydrogen) atoms. The van der Waals surface area contributed by atoms with Gasteiger partial charge in [-0.15, -0.1) is 0 Å².